The molecule has 0 aliphatic carbocycles. The molecule has 0 aromatic rings. The molecular formula is C11H20N2O. The lowest BCUT2D eigenvalue weighted by Crippen LogP contribution is -2.49. The lowest BCUT2D eigenvalue weighted by molar-refractivity contribution is 0.0592. The topological polar surface area (TPSA) is 24.5 Å². The van der Waals surface area contributed by atoms with Gasteiger partial charge in [-0.05, 0) is 25.7 Å². The summed E-state index contributed by atoms with van der Waals surface area (Å²) in [6.45, 7) is 4.06. The molecule has 3 aliphatic rings. The minimum Gasteiger partial charge on any atom is -0.378 e. The molecule has 0 amide bonds. The van der Waals surface area contributed by atoms with Crippen molar-refractivity contribution < 1.29 is 4.74 Å². The second-order valence-electron chi connectivity index (χ2n) is 4.89. The maximum atomic E-state index is 5.49. The van der Waals surface area contributed by atoms with E-state index in [0.717, 1.165) is 31.8 Å². The normalized spacial score (nSPS) is 43.3. The van der Waals surface area contributed by atoms with E-state index in [9.17, 15) is 0 Å². The van der Waals surface area contributed by atoms with Crippen molar-refractivity contribution in [2.45, 2.75) is 43.8 Å². The Morgan fingerprint density at radius 2 is 1.86 bits per heavy atom. The number of fused-ring (bicyclic) bond motifs is 2. The van der Waals surface area contributed by atoms with Crippen molar-refractivity contribution in [3.63, 3.8) is 0 Å². The van der Waals surface area contributed by atoms with E-state index < -0.39 is 0 Å². The van der Waals surface area contributed by atoms with Crippen LogP contribution in [0, 0.1) is 0 Å². The number of hydrogen-bond acceptors (Lipinski definition) is 3. The number of nitrogens with zero attached hydrogens (tertiary/aromatic N) is 1. The SMILES string of the molecule is C1COCC(CN2C3CCC2CC3)N1. The first-order valence-corrected chi connectivity index (χ1v) is 6.00. The maximum Gasteiger partial charge on any atom is 0.0632 e. The van der Waals surface area contributed by atoms with Crippen molar-refractivity contribution in [2.75, 3.05) is 26.3 Å². The van der Waals surface area contributed by atoms with Gasteiger partial charge in [0.15, 0.2) is 0 Å². The third-order valence-electron chi connectivity index (χ3n) is 4.03. The Morgan fingerprint density at radius 3 is 2.43 bits per heavy atom. The maximum absolute atomic E-state index is 5.49. The molecule has 0 radical (unpaired) electrons. The van der Waals surface area contributed by atoms with Crippen LogP contribution in [0.15, 0.2) is 0 Å². The van der Waals surface area contributed by atoms with Gasteiger partial charge < -0.3 is 10.1 Å². The van der Waals surface area contributed by atoms with E-state index in [0.29, 0.717) is 6.04 Å². The lowest BCUT2D eigenvalue weighted by atomic mass is 10.0. The van der Waals surface area contributed by atoms with Crippen LogP contribution in [0.3, 0.4) is 0 Å². The predicted molar refractivity (Wildman–Crippen MR) is 55.4 cm³/mol. The number of ether oxygens (including phenoxy) is 1. The minimum atomic E-state index is 0.588. The number of rotatable bonds is 2. The third-order valence-corrected chi connectivity index (χ3v) is 4.03. The number of hydrogen-bond donors (Lipinski definition) is 1. The zero-order valence-electron chi connectivity index (χ0n) is 8.74. The molecule has 3 nitrogen and oxygen atoms in total. The Kier molecular flexibility index (Phi) is 2.48. The number of nitrogens with one attached hydrogen (secondary N) is 1. The van der Waals surface area contributed by atoms with Crippen molar-refractivity contribution in [1.29, 1.82) is 0 Å². The molecule has 1 atom stereocenters. The fraction of sp³-hybridized carbons (Fsp3) is 1.00. The highest BCUT2D eigenvalue weighted by Gasteiger charge is 2.39. The van der Waals surface area contributed by atoms with E-state index in [1.165, 1.54) is 32.2 Å². The summed E-state index contributed by atoms with van der Waals surface area (Å²) in [4.78, 5) is 2.73. The van der Waals surface area contributed by atoms with Crippen molar-refractivity contribution >= 4 is 0 Å². The van der Waals surface area contributed by atoms with Gasteiger partial charge in [-0.15, -0.1) is 0 Å². The largest absolute Gasteiger partial charge is 0.378 e. The Bertz CT molecular complexity index is 183. The molecule has 1 unspecified atom stereocenters. The molecule has 3 rings (SSSR count). The highest BCUT2D eigenvalue weighted by atomic mass is 16.5. The van der Waals surface area contributed by atoms with Gasteiger partial charge in [-0.3, -0.25) is 4.90 Å². The summed E-state index contributed by atoms with van der Waals surface area (Å²) in [5.41, 5.74) is 0. The summed E-state index contributed by atoms with van der Waals surface area (Å²) < 4.78 is 5.49. The highest BCUT2D eigenvalue weighted by Crippen LogP contribution is 2.37. The van der Waals surface area contributed by atoms with Gasteiger partial charge in [-0.25, -0.2) is 0 Å². The molecule has 0 spiro atoms. The van der Waals surface area contributed by atoms with E-state index in [4.69, 9.17) is 4.74 Å². The van der Waals surface area contributed by atoms with Crippen LogP contribution in [0.25, 0.3) is 0 Å². The van der Waals surface area contributed by atoms with E-state index in [1.807, 2.05) is 0 Å². The van der Waals surface area contributed by atoms with Crippen molar-refractivity contribution in [1.82, 2.24) is 10.2 Å². The molecule has 14 heavy (non-hydrogen) atoms. The number of morpholine rings is 1. The van der Waals surface area contributed by atoms with Crippen LogP contribution in [-0.2, 0) is 4.74 Å². The van der Waals surface area contributed by atoms with Crippen LogP contribution in [0.1, 0.15) is 25.7 Å². The van der Waals surface area contributed by atoms with Crippen molar-refractivity contribution in [2.24, 2.45) is 0 Å². The van der Waals surface area contributed by atoms with Crippen LogP contribution in [0.5, 0.6) is 0 Å². The Balaban J connectivity index is 1.56. The highest BCUT2D eigenvalue weighted by molar-refractivity contribution is 4.96. The van der Waals surface area contributed by atoms with E-state index in [-0.39, 0.29) is 0 Å². The third kappa shape index (κ3) is 1.58. The standard InChI is InChI=1S/C11H20N2O/c1-2-11-4-3-10(1)13(11)7-9-8-14-6-5-12-9/h9-12H,1-8H2. The van der Waals surface area contributed by atoms with Crippen LogP contribution < -0.4 is 5.32 Å². The van der Waals surface area contributed by atoms with Crippen molar-refractivity contribution in [3.8, 4) is 0 Å². The van der Waals surface area contributed by atoms with Gasteiger partial charge in [-0.2, -0.15) is 0 Å². The summed E-state index contributed by atoms with van der Waals surface area (Å²) in [5, 5.41) is 3.55. The van der Waals surface area contributed by atoms with Gasteiger partial charge in [-0.1, -0.05) is 0 Å². The molecule has 0 aromatic carbocycles. The predicted octanol–water partition coefficient (Wildman–Crippen LogP) is 0.602. The quantitative estimate of drug-likeness (QED) is 0.700. The molecule has 3 aliphatic heterocycles. The van der Waals surface area contributed by atoms with Gasteiger partial charge >= 0.3 is 0 Å². The molecule has 3 heterocycles. The van der Waals surface area contributed by atoms with Crippen LogP contribution in [0.4, 0.5) is 0 Å². The van der Waals surface area contributed by atoms with Crippen LogP contribution >= 0.6 is 0 Å². The summed E-state index contributed by atoms with van der Waals surface area (Å²) in [5.74, 6) is 0. The van der Waals surface area contributed by atoms with E-state index >= 15 is 0 Å². The summed E-state index contributed by atoms with van der Waals surface area (Å²) in [6, 6.07) is 2.40. The lowest BCUT2D eigenvalue weighted by Gasteiger charge is -2.30. The molecule has 80 valence electrons. The van der Waals surface area contributed by atoms with Gasteiger partial charge in [0.25, 0.3) is 0 Å². The molecule has 0 aromatic heterocycles. The van der Waals surface area contributed by atoms with Gasteiger partial charge in [0.2, 0.25) is 0 Å². The molecular weight excluding hydrogens is 176 g/mol. The molecule has 3 fully saturated rings. The summed E-state index contributed by atoms with van der Waals surface area (Å²) in [7, 11) is 0. The second-order valence-corrected chi connectivity index (χ2v) is 4.89. The Morgan fingerprint density at radius 1 is 1.14 bits per heavy atom. The average molecular weight is 196 g/mol. The fourth-order valence-corrected chi connectivity index (χ4v) is 3.31. The zero-order chi connectivity index (χ0) is 9.38. The monoisotopic (exact) mass is 196 g/mol. The first kappa shape index (κ1) is 9.13. The molecule has 3 heteroatoms. The minimum absolute atomic E-state index is 0.588. The first-order valence-electron chi connectivity index (χ1n) is 6.00. The molecule has 1 N–H and O–H groups in total. The molecule has 0 saturated carbocycles. The smallest absolute Gasteiger partial charge is 0.0632 e. The first-order chi connectivity index (χ1) is 6.93. The van der Waals surface area contributed by atoms with E-state index in [1.54, 1.807) is 0 Å². The fourth-order valence-electron chi connectivity index (χ4n) is 3.31. The van der Waals surface area contributed by atoms with Gasteiger partial charge in [0.1, 0.15) is 0 Å². The zero-order valence-corrected chi connectivity index (χ0v) is 8.74. The summed E-state index contributed by atoms with van der Waals surface area (Å²) >= 11 is 0. The Labute approximate surface area is 85.8 Å². The van der Waals surface area contributed by atoms with Crippen LogP contribution in [0.2, 0.25) is 0 Å². The van der Waals surface area contributed by atoms with Crippen molar-refractivity contribution in [3.05, 3.63) is 0 Å². The second kappa shape index (κ2) is 3.80. The van der Waals surface area contributed by atoms with Crippen LogP contribution in [-0.4, -0.2) is 49.3 Å². The molecule has 2 bridgehead atoms. The Hall–Kier alpha value is -0.120. The van der Waals surface area contributed by atoms with Gasteiger partial charge in [0.05, 0.1) is 13.2 Å². The van der Waals surface area contributed by atoms with E-state index in [2.05, 4.69) is 10.2 Å². The van der Waals surface area contributed by atoms with Gasteiger partial charge in [0, 0.05) is 31.2 Å². The molecule has 3 saturated heterocycles. The summed E-state index contributed by atoms with van der Waals surface area (Å²) in [6.07, 6.45) is 5.77. The average Bonchev–Trinajstić information content (AvgIpc) is 2.80.